The summed E-state index contributed by atoms with van der Waals surface area (Å²) in [6.07, 6.45) is -0.306. The van der Waals surface area contributed by atoms with E-state index in [0.29, 0.717) is 6.54 Å². The molecule has 1 atom stereocenters. The SMILES string of the molecule is CC(Oc1ccccc1)c1nc2ccccc2n1CC(=O)N(Cc1ccccc1)C(C)C. The Morgan fingerprint density at radius 2 is 1.53 bits per heavy atom. The Balaban J connectivity index is 1.63. The number of para-hydroxylation sites is 3. The number of ether oxygens (including phenoxy) is 1. The number of amides is 1. The molecule has 32 heavy (non-hydrogen) atoms. The first-order valence-electron chi connectivity index (χ1n) is 11.0. The number of hydrogen-bond acceptors (Lipinski definition) is 3. The second-order valence-electron chi connectivity index (χ2n) is 8.22. The molecule has 1 aromatic heterocycles. The second-order valence-corrected chi connectivity index (χ2v) is 8.22. The average Bonchev–Trinajstić information content (AvgIpc) is 3.17. The van der Waals surface area contributed by atoms with Gasteiger partial charge >= 0.3 is 0 Å². The van der Waals surface area contributed by atoms with Crippen molar-refractivity contribution < 1.29 is 9.53 Å². The van der Waals surface area contributed by atoms with E-state index in [-0.39, 0.29) is 24.6 Å². The Bertz CT molecular complexity index is 1170. The number of imidazole rings is 1. The molecular weight excluding hydrogens is 398 g/mol. The summed E-state index contributed by atoms with van der Waals surface area (Å²) in [5.74, 6) is 1.57. The van der Waals surface area contributed by atoms with Gasteiger partial charge in [0.25, 0.3) is 0 Å². The molecule has 0 saturated heterocycles. The van der Waals surface area contributed by atoms with Crippen LogP contribution < -0.4 is 4.74 Å². The molecule has 0 aliphatic carbocycles. The summed E-state index contributed by atoms with van der Waals surface area (Å²) in [6.45, 7) is 6.86. The highest BCUT2D eigenvalue weighted by Crippen LogP contribution is 2.25. The van der Waals surface area contributed by atoms with Crippen molar-refractivity contribution in [3.63, 3.8) is 0 Å². The molecule has 0 aliphatic rings. The fourth-order valence-corrected chi connectivity index (χ4v) is 3.89. The van der Waals surface area contributed by atoms with Crippen LogP contribution in [0.5, 0.6) is 5.75 Å². The molecule has 0 fully saturated rings. The van der Waals surface area contributed by atoms with E-state index >= 15 is 0 Å². The van der Waals surface area contributed by atoms with E-state index in [1.807, 2.05) is 89.2 Å². The van der Waals surface area contributed by atoms with Gasteiger partial charge in [0.15, 0.2) is 11.9 Å². The Morgan fingerprint density at radius 3 is 2.22 bits per heavy atom. The molecule has 3 aromatic carbocycles. The second kappa shape index (κ2) is 9.69. The Labute approximate surface area is 189 Å². The minimum atomic E-state index is -0.306. The third-order valence-electron chi connectivity index (χ3n) is 5.54. The minimum absolute atomic E-state index is 0.0557. The van der Waals surface area contributed by atoms with Crippen LogP contribution >= 0.6 is 0 Å². The summed E-state index contributed by atoms with van der Waals surface area (Å²) < 4.78 is 8.14. The van der Waals surface area contributed by atoms with E-state index in [1.54, 1.807) is 0 Å². The summed E-state index contributed by atoms with van der Waals surface area (Å²) >= 11 is 0. The van der Waals surface area contributed by atoms with E-state index in [2.05, 4.69) is 26.0 Å². The number of carbonyl (C=O) groups is 1. The van der Waals surface area contributed by atoms with Crippen LogP contribution in [0.1, 0.15) is 38.3 Å². The van der Waals surface area contributed by atoms with Crippen molar-refractivity contribution in [1.29, 1.82) is 0 Å². The maximum Gasteiger partial charge on any atom is 0.243 e. The number of nitrogens with zero attached hydrogens (tertiary/aromatic N) is 3. The predicted molar refractivity (Wildman–Crippen MR) is 127 cm³/mol. The molecule has 0 spiro atoms. The van der Waals surface area contributed by atoms with Crippen LogP contribution in [0.3, 0.4) is 0 Å². The molecule has 0 aliphatic heterocycles. The van der Waals surface area contributed by atoms with Crippen molar-refractivity contribution in [3.05, 3.63) is 96.3 Å². The Kier molecular flexibility index (Phi) is 6.55. The lowest BCUT2D eigenvalue weighted by atomic mass is 10.2. The molecular formula is C27H29N3O2. The van der Waals surface area contributed by atoms with Crippen molar-refractivity contribution in [2.45, 2.75) is 46.0 Å². The van der Waals surface area contributed by atoms with Crippen molar-refractivity contribution in [1.82, 2.24) is 14.5 Å². The summed E-state index contributed by atoms with van der Waals surface area (Å²) in [7, 11) is 0. The van der Waals surface area contributed by atoms with Crippen LogP contribution in [0.4, 0.5) is 0 Å². The molecule has 1 heterocycles. The smallest absolute Gasteiger partial charge is 0.243 e. The van der Waals surface area contributed by atoms with Crippen molar-refractivity contribution in [3.8, 4) is 5.75 Å². The van der Waals surface area contributed by atoms with Crippen LogP contribution in [0.15, 0.2) is 84.9 Å². The van der Waals surface area contributed by atoms with Crippen molar-refractivity contribution in [2.24, 2.45) is 0 Å². The molecule has 4 aromatic rings. The normalized spacial score (nSPS) is 12.1. The van der Waals surface area contributed by atoms with E-state index in [0.717, 1.165) is 28.2 Å². The van der Waals surface area contributed by atoms with Gasteiger partial charge < -0.3 is 14.2 Å². The third kappa shape index (κ3) is 4.83. The Hall–Kier alpha value is -3.60. The quantitative estimate of drug-likeness (QED) is 0.367. The maximum absolute atomic E-state index is 13.5. The average molecular weight is 428 g/mol. The highest BCUT2D eigenvalue weighted by Gasteiger charge is 2.23. The fraction of sp³-hybridized carbons (Fsp3) is 0.259. The van der Waals surface area contributed by atoms with Gasteiger partial charge in [-0.2, -0.15) is 0 Å². The summed E-state index contributed by atoms with van der Waals surface area (Å²) in [6, 6.07) is 27.8. The van der Waals surface area contributed by atoms with Gasteiger partial charge in [0, 0.05) is 12.6 Å². The van der Waals surface area contributed by atoms with Gasteiger partial charge in [-0.3, -0.25) is 4.79 Å². The summed E-state index contributed by atoms with van der Waals surface area (Å²) in [4.78, 5) is 20.2. The molecule has 0 saturated carbocycles. The van der Waals surface area contributed by atoms with Gasteiger partial charge in [-0.25, -0.2) is 4.98 Å². The molecule has 1 unspecified atom stereocenters. The number of carbonyl (C=O) groups excluding carboxylic acids is 1. The van der Waals surface area contributed by atoms with Crippen LogP contribution in [0.25, 0.3) is 11.0 Å². The lowest BCUT2D eigenvalue weighted by Gasteiger charge is -2.28. The van der Waals surface area contributed by atoms with Gasteiger partial charge in [0.2, 0.25) is 5.91 Å². The zero-order valence-corrected chi connectivity index (χ0v) is 18.8. The molecule has 0 bridgehead atoms. The molecule has 0 N–H and O–H groups in total. The van der Waals surface area contributed by atoms with E-state index in [1.165, 1.54) is 0 Å². The van der Waals surface area contributed by atoms with E-state index in [9.17, 15) is 4.79 Å². The maximum atomic E-state index is 13.5. The molecule has 4 rings (SSSR count). The molecule has 0 radical (unpaired) electrons. The lowest BCUT2D eigenvalue weighted by Crippen LogP contribution is -2.39. The molecule has 164 valence electrons. The number of aromatic nitrogens is 2. The Morgan fingerprint density at radius 1 is 0.906 bits per heavy atom. The van der Waals surface area contributed by atoms with Crippen LogP contribution in [0.2, 0.25) is 0 Å². The van der Waals surface area contributed by atoms with Gasteiger partial charge in [0.1, 0.15) is 12.3 Å². The monoisotopic (exact) mass is 427 g/mol. The van der Waals surface area contributed by atoms with Crippen LogP contribution in [-0.4, -0.2) is 26.4 Å². The highest BCUT2D eigenvalue weighted by molar-refractivity contribution is 5.81. The van der Waals surface area contributed by atoms with Gasteiger partial charge in [-0.15, -0.1) is 0 Å². The molecule has 1 amide bonds. The standard InChI is InChI=1S/C27H29N3O2/c1-20(2)29(18-22-12-6-4-7-13-22)26(31)19-30-25-17-11-10-16-24(25)28-27(30)21(3)32-23-14-8-5-9-15-23/h4-17,20-21H,18-19H2,1-3H3. The number of fused-ring (bicyclic) bond motifs is 1. The lowest BCUT2D eigenvalue weighted by molar-refractivity contribution is -0.134. The largest absolute Gasteiger partial charge is 0.483 e. The first-order valence-corrected chi connectivity index (χ1v) is 11.0. The number of hydrogen-bond donors (Lipinski definition) is 0. The van der Waals surface area contributed by atoms with Gasteiger partial charge in [-0.1, -0.05) is 60.7 Å². The van der Waals surface area contributed by atoms with Crippen molar-refractivity contribution >= 4 is 16.9 Å². The van der Waals surface area contributed by atoms with Gasteiger partial charge in [-0.05, 0) is 50.6 Å². The number of benzene rings is 3. The predicted octanol–water partition coefficient (Wildman–Crippen LogP) is 5.61. The molecule has 5 nitrogen and oxygen atoms in total. The zero-order chi connectivity index (χ0) is 22.5. The van der Waals surface area contributed by atoms with Crippen molar-refractivity contribution in [2.75, 3.05) is 0 Å². The third-order valence-corrected chi connectivity index (χ3v) is 5.54. The number of rotatable bonds is 8. The zero-order valence-electron chi connectivity index (χ0n) is 18.8. The van der Waals surface area contributed by atoms with E-state index < -0.39 is 0 Å². The fourth-order valence-electron chi connectivity index (χ4n) is 3.89. The van der Waals surface area contributed by atoms with Crippen LogP contribution in [0, 0.1) is 0 Å². The highest BCUT2D eigenvalue weighted by atomic mass is 16.5. The first-order chi connectivity index (χ1) is 15.5. The molecule has 5 heteroatoms. The van der Waals surface area contributed by atoms with Gasteiger partial charge in [0.05, 0.1) is 11.0 Å². The van der Waals surface area contributed by atoms with Crippen LogP contribution in [-0.2, 0) is 17.9 Å². The first kappa shape index (κ1) is 21.6. The minimum Gasteiger partial charge on any atom is -0.483 e. The summed E-state index contributed by atoms with van der Waals surface area (Å²) in [5, 5.41) is 0. The topological polar surface area (TPSA) is 47.4 Å². The van der Waals surface area contributed by atoms with E-state index in [4.69, 9.17) is 9.72 Å². The summed E-state index contributed by atoms with van der Waals surface area (Å²) in [5.41, 5.74) is 2.91.